The smallest absolute Gasteiger partial charge is 0.0133 e. The molecule has 0 spiro atoms. The Morgan fingerprint density at radius 2 is 0.750 bits per heavy atom. The second-order valence-corrected chi connectivity index (χ2v) is 13.0. The average molecular weight is 547 g/mol. The molecule has 0 saturated carbocycles. The van der Waals surface area contributed by atoms with Gasteiger partial charge in [-0.3, -0.25) is 0 Å². The molecule has 0 N–H and O–H groups in total. The summed E-state index contributed by atoms with van der Waals surface area (Å²) in [6, 6.07) is 0. The molecule has 1 unspecified atom stereocenters. The Morgan fingerprint density at radius 1 is 0.425 bits per heavy atom. The lowest BCUT2D eigenvalue weighted by Gasteiger charge is -2.10. The summed E-state index contributed by atoms with van der Waals surface area (Å²) in [6.07, 6.45) is 33.4. The summed E-state index contributed by atoms with van der Waals surface area (Å²) in [5.41, 5.74) is 11.9. The zero-order valence-electron chi connectivity index (χ0n) is 28.7. The minimum absolute atomic E-state index is 0.616. The van der Waals surface area contributed by atoms with Crippen LogP contribution < -0.4 is 0 Å². The first-order valence-electron chi connectivity index (χ1n) is 16.1. The maximum atomic E-state index is 2.56. The highest BCUT2D eigenvalue weighted by atomic mass is 14.1. The van der Waals surface area contributed by atoms with Crippen LogP contribution in [0.15, 0.2) is 93.2 Å². The van der Waals surface area contributed by atoms with E-state index in [0.29, 0.717) is 5.92 Å². The molecular formula is C40H66. The van der Waals surface area contributed by atoms with E-state index in [4.69, 9.17) is 0 Å². The van der Waals surface area contributed by atoms with E-state index >= 15 is 0 Å². The number of rotatable bonds is 20. The van der Waals surface area contributed by atoms with E-state index in [2.05, 4.69) is 125 Å². The quantitative estimate of drug-likeness (QED) is 0.133. The fraction of sp³-hybridized carbons (Fsp3) is 0.600. The standard InChI is InChI=1S/C40H66/c1-32(2)17-12-20-35(7)22-15-24-37(9)27-29-40(31-39(11)26-14-19-34(5)6)30-28-38(10)25-16-23-36(8)21-13-18-33(3)4/h17-19,22-23,27-28,31,39H,12-16,20-21,24-26,29-30H2,1-11H3. The van der Waals surface area contributed by atoms with E-state index in [9.17, 15) is 0 Å². The number of hydrogen-bond donors (Lipinski definition) is 0. The van der Waals surface area contributed by atoms with E-state index in [1.54, 1.807) is 5.57 Å². The summed E-state index contributed by atoms with van der Waals surface area (Å²) in [7, 11) is 0. The Balaban J connectivity index is 5.12. The molecule has 0 aromatic rings. The fourth-order valence-electron chi connectivity index (χ4n) is 4.63. The van der Waals surface area contributed by atoms with E-state index in [1.165, 1.54) is 77.5 Å². The third-order valence-electron chi connectivity index (χ3n) is 7.37. The van der Waals surface area contributed by atoms with Crippen LogP contribution in [-0.4, -0.2) is 0 Å². The van der Waals surface area contributed by atoms with Gasteiger partial charge in [0, 0.05) is 0 Å². The minimum Gasteiger partial charge on any atom is -0.0859 e. The largest absolute Gasteiger partial charge is 0.0859 e. The highest BCUT2D eigenvalue weighted by Gasteiger charge is 2.03. The van der Waals surface area contributed by atoms with E-state index in [-0.39, 0.29) is 0 Å². The first kappa shape index (κ1) is 37.9. The molecule has 0 rings (SSSR count). The third-order valence-corrected chi connectivity index (χ3v) is 7.37. The summed E-state index contributed by atoms with van der Waals surface area (Å²) in [5, 5.41) is 0. The molecule has 40 heavy (non-hydrogen) atoms. The highest BCUT2D eigenvalue weighted by molar-refractivity contribution is 5.18. The van der Waals surface area contributed by atoms with Gasteiger partial charge >= 0.3 is 0 Å². The maximum Gasteiger partial charge on any atom is -0.0133 e. The van der Waals surface area contributed by atoms with Gasteiger partial charge in [-0.2, -0.15) is 0 Å². The molecule has 0 bridgehead atoms. The van der Waals surface area contributed by atoms with Crippen molar-refractivity contribution in [2.24, 2.45) is 5.92 Å². The maximum absolute atomic E-state index is 2.56. The van der Waals surface area contributed by atoms with E-state index in [1.807, 2.05) is 0 Å². The molecule has 0 aliphatic carbocycles. The van der Waals surface area contributed by atoms with Crippen molar-refractivity contribution in [2.45, 2.75) is 153 Å². The number of allylic oxidation sites excluding steroid dienone is 16. The van der Waals surface area contributed by atoms with Gasteiger partial charge in [-0.05, 0) is 152 Å². The fourth-order valence-corrected chi connectivity index (χ4v) is 4.63. The molecule has 0 aromatic heterocycles. The van der Waals surface area contributed by atoms with Crippen LogP contribution in [-0.2, 0) is 0 Å². The van der Waals surface area contributed by atoms with Crippen LogP contribution in [0, 0.1) is 5.92 Å². The average Bonchev–Trinajstić information content (AvgIpc) is 2.85. The van der Waals surface area contributed by atoms with Gasteiger partial charge in [-0.25, -0.2) is 0 Å². The van der Waals surface area contributed by atoms with Gasteiger partial charge in [-0.15, -0.1) is 0 Å². The predicted molar refractivity (Wildman–Crippen MR) is 186 cm³/mol. The SMILES string of the molecule is CC(C)=CCCC(C)=CCCC(C)=CCC(=CC(C)CCC=C(C)C)CC=C(C)CCC=C(C)CCC=C(C)C. The lowest BCUT2D eigenvalue weighted by atomic mass is 9.96. The predicted octanol–water partition coefficient (Wildman–Crippen LogP) is 13.9. The minimum atomic E-state index is 0.616. The van der Waals surface area contributed by atoms with Crippen molar-refractivity contribution in [1.29, 1.82) is 0 Å². The van der Waals surface area contributed by atoms with Crippen LogP contribution in [0.1, 0.15) is 153 Å². The Labute approximate surface area is 251 Å². The second-order valence-electron chi connectivity index (χ2n) is 13.0. The van der Waals surface area contributed by atoms with Crippen molar-refractivity contribution in [3.8, 4) is 0 Å². The summed E-state index contributed by atoms with van der Waals surface area (Å²) >= 11 is 0. The Morgan fingerprint density at radius 3 is 1.12 bits per heavy atom. The Kier molecular flexibility index (Phi) is 22.4. The lowest BCUT2D eigenvalue weighted by Crippen LogP contribution is -1.93. The van der Waals surface area contributed by atoms with Gasteiger partial charge in [0.25, 0.3) is 0 Å². The first-order chi connectivity index (χ1) is 18.9. The van der Waals surface area contributed by atoms with Crippen LogP contribution in [0.2, 0.25) is 0 Å². The normalized spacial score (nSPS) is 13.6. The highest BCUT2D eigenvalue weighted by Crippen LogP contribution is 2.21. The van der Waals surface area contributed by atoms with Gasteiger partial charge in [0.05, 0.1) is 0 Å². The Hall–Kier alpha value is -2.08. The molecule has 226 valence electrons. The summed E-state index contributed by atoms with van der Waals surface area (Å²) in [4.78, 5) is 0. The van der Waals surface area contributed by atoms with Crippen molar-refractivity contribution >= 4 is 0 Å². The molecular weight excluding hydrogens is 480 g/mol. The monoisotopic (exact) mass is 547 g/mol. The van der Waals surface area contributed by atoms with Gasteiger partial charge in [0.2, 0.25) is 0 Å². The molecule has 0 amide bonds. The summed E-state index contributed by atoms with van der Waals surface area (Å²) in [5.74, 6) is 0.616. The molecule has 0 heteroatoms. The van der Waals surface area contributed by atoms with Crippen LogP contribution >= 0.6 is 0 Å². The molecule has 1 atom stereocenters. The van der Waals surface area contributed by atoms with Crippen LogP contribution in [0.25, 0.3) is 0 Å². The van der Waals surface area contributed by atoms with Gasteiger partial charge in [0.1, 0.15) is 0 Å². The van der Waals surface area contributed by atoms with Crippen LogP contribution in [0.5, 0.6) is 0 Å². The van der Waals surface area contributed by atoms with Gasteiger partial charge in [0.15, 0.2) is 0 Å². The number of hydrogen-bond acceptors (Lipinski definition) is 0. The van der Waals surface area contributed by atoms with Gasteiger partial charge < -0.3 is 0 Å². The molecule has 0 aromatic carbocycles. The summed E-state index contributed by atoms with van der Waals surface area (Å²) in [6.45, 7) is 24.7. The first-order valence-corrected chi connectivity index (χ1v) is 16.1. The zero-order chi connectivity index (χ0) is 30.3. The van der Waals surface area contributed by atoms with Crippen molar-refractivity contribution in [3.05, 3.63) is 93.2 Å². The molecule has 0 heterocycles. The van der Waals surface area contributed by atoms with Crippen molar-refractivity contribution in [1.82, 2.24) is 0 Å². The van der Waals surface area contributed by atoms with Crippen LogP contribution in [0.3, 0.4) is 0 Å². The molecule has 0 aliphatic heterocycles. The van der Waals surface area contributed by atoms with Crippen molar-refractivity contribution in [2.75, 3.05) is 0 Å². The van der Waals surface area contributed by atoms with E-state index in [0.717, 1.165) is 38.5 Å². The van der Waals surface area contributed by atoms with Crippen molar-refractivity contribution < 1.29 is 0 Å². The van der Waals surface area contributed by atoms with Crippen molar-refractivity contribution in [3.63, 3.8) is 0 Å². The second kappa shape index (κ2) is 23.6. The third kappa shape index (κ3) is 24.9. The molecule has 0 fully saturated rings. The van der Waals surface area contributed by atoms with Gasteiger partial charge in [-0.1, -0.05) is 100 Å². The Bertz CT molecular complexity index is 874. The zero-order valence-corrected chi connectivity index (χ0v) is 28.7. The van der Waals surface area contributed by atoms with Crippen LogP contribution in [0.4, 0.5) is 0 Å². The molecule has 0 nitrogen and oxygen atoms in total. The molecule has 0 saturated heterocycles. The topological polar surface area (TPSA) is 0 Å². The summed E-state index contributed by atoms with van der Waals surface area (Å²) < 4.78 is 0. The van der Waals surface area contributed by atoms with E-state index < -0.39 is 0 Å². The molecule has 0 aliphatic rings. The molecule has 0 radical (unpaired) electrons. The lowest BCUT2D eigenvalue weighted by molar-refractivity contribution is 0.649.